The van der Waals surface area contributed by atoms with E-state index in [1.54, 1.807) is 0 Å². The highest BCUT2D eigenvalue weighted by atomic mass is 32.1. The fraction of sp³-hybridized carbons (Fsp3) is 0.765. The van der Waals surface area contributed by atoms with Gasteiger partial charge < -0.3 is 15.7 Å². The molecule has 1 aliphatic carbocycles. The summed E-state index contributed by atoms with van der Waals surface area (Å²) in [6.45, 7) is 1.99. The Hall–Kier alpha value is -1.54. The molecule has 1 amide bonds. The van der Waals surface area contributed by atoms with Crippen LogP contribution < -0.4 is 10.6 Å². The normalized spacial score (nSPS) is 24.8. The average molecular weight is 366 g/mol. The lowest BCUT2D eigenvalue weighted by Gasteiger charge is -2.28. The summed E-state index contributed by atoms with van der Waals surface area (Å²) >= 11 is 1.42. The lowest BCUT2D eigenvalue weighted by Crippen LogP contribution is -2.37. The van der Waals surface area contributed by atoms with Crippen LogP contribution in [0.5, 0.6) is 0 Å². The van der Waals surface area contributed by atoms with Gasteiger partial charge in [0.2, 0.25) is 5.01 Å². The van der Waals surface area contributed by atoms with E-state index >= 15 is 0 Å². The smallest absolute Gasteiger partial charge is 0.303 e. The van der Waals surface area contributed by atoms with Crippen molar-refractivity contribution in [1.29, 1.82) is 0 Å². The van der Waals surface area contributed by atoms with Crippen molar-refractivity contribution in [3.8, 4) is 0 Å². The second kappa shape index (κ2) is 8.71. The molecule has 1 aromatic rings. The third-order valence-electron chi connectivity index (χ3n) is 5.27. The summed E-state index contributed by atoms with van der Waals surface area (Å²) in [5, 5.41) is 24.9. The van der Waals surface area contributed by atoms with Gasteiger partial charge in [-0.05, 0) is 64.0 Å². The fourth-order valence-corrected chi connectivity index (χ4v) is 4.65. The molecule has 7 nitrogen and oxygen atoms in total. The van der Waals surface area contributed by atoms with Crippen LogP contribution in [0.25, 0.3) is 0 Å². The van der Waals surface area contributed by atoms with Gasteiger partial charge in [0.25, 0.3) is 5.91 Å². The quantitative estimate of drug-likeness (QED) is 0.713. The molecule has 0 aromatic carbocycles. The van der Waals surface area contributed by atoms with Gasteiger partial charge in [0, 0.05) is 18.4 Å². The predicted molar refractivity (Wildman–Crippen MR) is 94.8 cm³/mol. The number of aliphatic carboxylic acids is 1. The molecule has 2 fully saturated rings. The van der Waals surface area contributed by atoms with Gasteiger partial charge in [-0.2, -0.15) is 0 Å². The Morgan fingerprint density at radius 3 is 2.52 bits per heavy atom. The van der Waals surface area contributed by atoms with Gasteiger partial charge in [0.15, 0.2) is 0 Å². The number of carbonyl (C=O) groups excluding carboxylic acids is 1. The Labute approximate surface area is 151 Å². The van der Waals surface area contributed by atoms with Crippen molar-refractivity contribution in [3.63, 3.8) is 0 Å². The Bertz CT molecular complexity index is 592. The van der Waals surface area contributed by atoms with Crippen molar-refractivity contribution < 1.29 is 14.7 Å². The highest BCUT2D eigenvalue weighted by molar-refractivity contribution is 7.13. The highest BCUT2D eigenvalue weighted by Gasteiger charge is 2.25. The Morgan fingerprint density at radius 2 is 1.84 bits per heavy atom. The topological polar surface area (TPSA) is 104 Å². The minimum absolute atomic E-state index is 0.119. The van der Waals surface area contributed by atoms with E-state index in [0.717, 1.165) is 63.0 Å². The zero-order chi connectivity index (χ0) is 17.6. The van der Waals surface area contributed by atoms with Crippen LogP contribution in [0, 0.1) is 5.92 Å². The maximum Gasteiger partial charge on any atom is 0.303 e. The van der Waals surface area contributed by atoms with Gasteiger partial charge >= 0.3 is 5.97 Å². The SMILES string of the molecule is O=C(O)CC[C@H]1CC[C@H](NC(=O)c2nnc(C3CCNCC3)s2)CC1. The number of aromatic nitrogens is 2. The predicted octanol–water partition coefficient (Wildman–Crippen LogP) is 2.16. The summed E-state index contributed by atoms with van der Waals surface area (Å²) in [7, 11) is 0. The van der Waals surface area contributed by atoms with Crippen molar-refractivity contribution in [2.45, 2.75) is 63.3 Å². The number of nitrogens with zero attached hydrogens (tertiary/aromatic N) is 2. The summed E-state index contributed by atoms with van der Waals surface area (Å²) in [6, 6.07) is 0.166. The Balaban J connectivity index is 1.45. The second-order valence-electron chi connectivity index (χ2n) is 7.09. The van der Waals surface area contributed by atoms with Gasteiger partial charge in [-0.3, -0.25) is 9.59 Å². The van der Waals surface area contributed by atoms with Crippen LogP contribution in [0.3, 0.4) is 0 Å². The molecule has 0 unspecified atom stereocenters. The zero-order valence-corrected chi connectivity index (χ0v) is 15.2. The summed E-state index contributed by atoms with van der Waals surface area (Å²) in [6.07, 6.45) is 6.88. The molecule has 2 aliphatic rings. The first-order valence-corrected chi connectivity index (χ1v) is 10.00. The maximum atomic E-state index is 12.4. The molecular formula is C17H26N4O3S. The van der Waals surface area contributed by atoms with Gasteiger partial charge in [0.05, 0.1) is 0 Å². The molecule has 1 aromatic heterocycles. The second-order valence-corrected chi connectivity index (χ2v) is 8.10. The third-order valence-corrected chi connectivity index (χ3v) is 6.36. The lowest BCUT2D eigenvalue weighted by atomic mass is 9.83. The minimum atomic E-state index is -0.726. The summed E-state index contributed by atoms with van der Waals surface area (Å²) < 4.78 is 0. The van der Waals surface area contributed by atoms with E-state index in [0.29, 0.717) is 16.8 Å². The van der Waals surface area contributed by atoms with Gasteiger partial charge in [-0.1, -0.05) is 11.3 Å². The van der Waals surface area contributed by atoms with Crippen molar-refractivity contribution in [1.82, 2.24) is 20.8 Å². The van der Waals surface area contributed by atoms with Crippen molar-refractivity contribution in [3.05, 3.63) is 10.0 Å². The largest absolute Gasteiger partial charge is 0.481 e. The first-order valence-electron chi connectivity index (χ1n) is 9.18. The number of carboxylic acid groups (broad SMARTS) is 1. The van der Waals surface area contributed by atoms with E-state index < -0.39 is 5.97 Å². The van der Waals surface area contributed by atoms with E-state index in [1.807, 2.05) is 0 Å². The molecule has 1 aliphatic heterocycles. The molecule has 138 valence electrons. The lowest BCUT2D eigenvalue weighted by molar-refractivity contribution is -0.137. The van der Waals surface area contributed by atoms with Crippen LogP contribution in [0.1, 0.15) is 72.1 Å². The number of amides is 1. The van der Waals surface area contributed by atoms with Crippen molar-refractivity contribution >= 4 is 23.2 Å². The number of carbonyl (C=O) groups is 2. The van der Waals surface area contributed by atoms with Gasteiger partial charge in [0.1, 0.15) is 5.01 Å². The molecular weight excluding hydrogens is 340 g/mol. The number of carboxylic acids is 1. The molecule has 8 heteroatoms. The molecule has 1 saturated carbocycles. The van der Waals surface area contributed by atoms with E-state index in [9.17, 15) is 9.59 Å². The summed E-state index contributed by atoms with van der Waals surface area (Å²) in [5.41, 5.74) is 0. The molecule has 3 rings (SSSR count). The van der Waals surface area contributed by atoms with Crippen LogP contribution in [-0.2, 0) is 4.79 Å². The first-order chi connectivity index (χ1) is 12.1. The van der Waals surface area contributed by atoms with E-state index in [1.165, 1.54) is 11.3 Å². The average Bonchev–Trinajstić information content (AvgIpc) is 3.12. The Morgan fingerprint density at radius 1 is 1.12 bits per heavy atom. The molecule has 0 spiro atoms. The molecule has 1 saturated heterocycles. The molecule has 25 heavy (non-hydrogen) atoms. The molecule has 2 heterocycles. The molecule has 0 radical (unpaired) electrons. The van der Waals surface area contributed by atoms with E-state index in [-0.39, 0.29) is 18.4 Å². The van der Waals surface area contributed by atoms with Gasteiger partial charge in [-0.15, -0.1) is 10.2 Å². The fourth-order valence-electron chi connectivity index (χ4n) is 3.73. The number of piperidine rings is 1. The molecule has 3 N–H and O–H groups in total. The summed E-state index contributed by atoms with van der Waals surface area (Å²) in [5.74, 6) is 0.0465. The van der Waals surface area contributed by atoms with Crippen LogP contribution in [-0.4, -0.2) is 46.3 Å². The van der Waals surface area contributed by atoms with Crippen molar-refractivity contribution in [2.24, 2.45) is 5.92 Å². The molecule has 0 atom stereocenters. The summed E-state index contributed by atoms with van der Waals surface area (Å²) in [4.78, 5) is 23.1. The van der Waals surface area contributed by atoms with Crippen molar-refractivity contribution in [2.75, 3.05) is 13.1 Å². The maximum absolute atomic E-state index is 12.4. The van der Waals surface area contributed by atoms with Crippen LogP contribution >= 0.6 is 11.3 Å². The monoisotopic (exact) mass is 366 g/mol. The zero-order valence-electron chi connectivity index (χ0n) is 14.4. The third kappa shape index (κ3) is 5.22. The Kier molecular flexibility index (Phi) is 6.36. The molecule has 0 bridgehead atoms. The standard InChI is InChI=1S/C17H26N4O3S/c22-14(23)6-3-11-1-4-13(5-2-11)19-15(24)17-21-20-16(25-17)12-7-9-18-10-8-12/h11-13,18H,1-10H2,(H,19,24)(H,22,23)/t11-,13-. The first kappa shape index (κ1) is 18.3. The number of rotatable bonds is 6. The van der Waals surface area contributed by atoms with E-state index in [4.69, 9.17) is 5.11 Å². The van der Waals surface area contributed by atoms with Crippen LogP contribution in [0.2, 0.25) is 0 Å². The highest BCUT2D eigenvalue weighted by Crippen LogP contribution is 2.29. The number of hydrogen-bond acceptors (Lipinski definition) is 6. The van der Waals surface area contributed by atoms with E-state index in [2.05, 4.69) is 20.8 Å². The van der Waals surface area contributed by atoms with Crippen LogP contribution in [0.4, 0.5) is 0 Å². The minimum Gasteiger partial charge on any atom is -0.481 e. The van der Waals surface area contributed by atoms with Gasteiger partial charge in [-0.25, -0.2) is 0 Å². The van der Waals surface area contributed by atoms with Crippen LogP contribution in [0.15, 0.2) is 0 Å². The number of hydrogen-bond donors (Lipinski definition) is 3. The number of nitrogens with one attached hydrogen (secondary N) is 2.